The molecule has 3 rings (SSSR count). The molecular formula is C30H34N2O9. The number of nitro groups is 1. The van der Waals surface area contributed by atoms with Gasteiger partial charge in [0.15, 0.2) is 0 Å². The van der Waals surface area contributed by atoms with Crippen LogP contribution >= 0.6 is 0 Å². The number of allylic oxidation sites excluding steroid dienone is 2. The molecular weight excluding hydrogens is 532 g/mol. The lowest BCUT2D eigenvalue weighted by Gasteiger charge is -2.30. The van der Waals surface area contributed by atoms with Crippen molar-refractivity contribution in [3.05, 3.63) is 92.3 Å². The minimum Gasteiger partial charge on any atom is -0.493 e. The second kappa shape index (κ2) is 14.6. The number of nitrogens with zero attached hydrogens (tertiary/aromatic N) is 1. The number of dihydropyridines is 1. The minimum absolute atomic E-state index is 0.0500. The number of ether oxygens (including phenoxy) is 4. The van der Waals surface area contributed by atoms with Crippen LogP contribution < -0.4 is 10.1 Å². The molecule has 0 fully saturated rings. The van der Waals surface area contributed by atoms with Gasteiger partial charge >= 0.3 is 17.9 Å². The highest BCUT2D eigenvalue weighted by molar-refractivity contribution is 5.99. The molecule has 218 valence electrons. The summed E-state index contributed by atoms with van der Waals surface area (Å²) >= 11 is 0. The number of nitrogens with one attached hydrogen (secondary N) is 1. The third-order valence-electron chi connectivity index (χ3n) is 6.46. The van der Waals surface area contributed by atoms with Crippen LogP contribution in [0.25, 0.3) is 0 Å². The molecule has 1 heterocycles. The Kier molecular flexibility index (Phi) is 11.0. The van der Waals surface area contributed by atoms with E-state index in [1.807, 2.05) is 24.3 Å². The predicted molar refractivity (Wildman–Crippen MR) is 149 cm³/mol. The third kappa shape index (κ3) is 8.17. The van der Waals surface area contributed by atoms with E-state index >= 15 is 0 Å². The highest BCUT2D eigenvalue weighted by atomic mass is 16.6. The van der Waals surface area contributed by atoms with Crippen molar-refractivity contribution in [3.8, 4) is 5.75 Å². The van der Waals surface area contributed by atoms with Crippen LogP contribution in [0, 0.1) is 10.1 Å². The molecule has 0 saturated carbocycles. The summed E-state index contributed by atoms with van der Waals surface area (Å²) in [7, 11) is 1.23. The van der Waals surface area contributed by atoms with Gasteiger partial charge in [-0.05, 0) is 37.1 Å². The molecule has 0 aliphatic carbocycles. The van der Waals surface area contributed by atoms with Crippen molar-refractivity contribution < 1.29 is 38.3 Å². The van der Waals surface area contributed by atoms with Gasteiger partial charge in [-0.1, -0.05) is 31.2 Å². The van der Waals surface area contributed by atoms with E-state index in [2.05, 4.69) is 5.32 Å². The van der Waals surface area contributed by atoms with Crippen molar-refractivity contribution >= 4 is 23.6 Å². The molecule has 1 aliphatic rings. The van der Waals surface area contributed by atoms with Crippen molar-refractivity contribution in [1.82, 2.24) is 5.32 Å². The van der Waals surface area contributed by atoms with E-state index in [9.17, 15) is 24.5 Å². The predicted octanol–water partition coefficient (Wildman–Crippen LogP) is 4.51. The summed E-state index contributed by atoms with van der Waals surface area (Å²) in [6.45, 7) is 5.76. The van der Waals surface area contributed by atoms with Gasteiger partial charge in [-0.15, -0.1) is 0 Å². The van der Waals surface area contributed by atoms with E-state index in [4.69, 9.17) is 18.9 Å². The first-order valence-electron chi connectivity index (χ1n) is 13.2. The van der Waals surface area contributed by atoms with Crippen LogP contribution in [0.3, 0.4) is 0 Å². The lowest BCUT2D eigenvalue weighted by molar-refractivity contribution is -0.384. The summed E-state index contributed by atoms with van der Waals surface area (Å²) in [5.74, 6) is -1.82. The molecule has 11 nitrogen and oxygen atoms in total. The van der Waals surface area contributed by atoms with Gasteiger partial charge in [0.05, 0.1) is 48.9 Å². The zero-order valence-corrected chi connectivity index (χ0v) is 23.6. The van der Waals surface area contributed by atoms with Crippen molar-refractivity contribution in [2.24, 2.45) is 0 Å². The summed E-state index contributed by atoms with van der Waals surface area (Å²) in [6, 6.07) is 13.2. The summed E-state index contributed by atoms with van der Waals surface area (Å²) in [4.78, 5) is 48.1. The van der Waals surface area contributed by atoms with Crippen LogP contribution in [0.2, 0.25) is 0 Å². The van der Waals surface area contributed by atoms with Crippen LogP contribution in [-0.4, -0.2) is 49.8 Å². The first kappa shape index (κ1) is 30.9. The Balaban J connectivity index is 1.62. The Bertz CT molecular complexity index is 1350. The van der Waals surface area contributed by atoms with Crippen LogP contribution in [0.1, 0.15) is 50.7 Å². The number of rotatable bonds is 13. The van der Waals surface area contributed by atoms with Gasteiger partial charge in [-0.25, -0.2) is 9.59 Å². The summed E-state index contributed by atoms with van der Waals surface area (Å²) in [5, 5.41) is 14.4. The molecule has 0 saturated heterocycles. The molecule has 41 heavy (non-hydrogen) atoms. The topological polar surface area (TPSA) is 143 Å². The Morgan fingerprint density at radius 2 is 1.61 bits per heavy atom. The first-order chi connectivity index (χ1) is 19.7. The summed E-state index contributed by atoms with van der Waals surface area (Å²) in [6.07, 6.45) is 1.36. The molecule has 1 aliphatic heterocycles. The zero-order chi connectivity index (χ0) is 29.9. The van der Waals surface area contributed by atoms with Gasteiger partial charge in [0.2, 0.25) is 0 Å². The number of carbonyl (C=O) groups is 3. The molecule has 1 atom stereocenters. The molecule has 0 spiro atoms. The minimum atomic E-state index is -0.920. The fourth-order valence-electron chi connectivity index (χ4n) is 4.43. The van der Waals surface area contributed by atoms with E-state index in [0.29, 0.717) is 48.6 Å². The van der Waals surface area contributed by atoms with Gasteiger partial charge in [-0.3, -0.25) is 14.9 Å². The van der Waals surface area contributed by atoms with Crippen LogP contribution in [0.4, 0.5) is 5.69 Å². The number of carbonyl (C=O) groups excluding carboxylic acids is 3. The van der Waals surface area contributed by atoms with E-state index in [0.717, 1.165) is 5.56 Å². The Morgan fingerprint density at radius 3 is 2.24 bits per heavy atom. The van der Waals surface area contributed by atoms with E-state index < -0.39 is 22.8 Å². The summed E-state index contributed by atoms with van der Waals surface area (Å²) < 4.78 is 21.3. The van der Waals surface area contributed by atoms with Crippen molar-refractivity contribution in [1.29, 1.82) is 0 Å². The maximum Gasteiger partial charge on any atom is 0.336 e. The smallest absolute Gasteiger partial charge is 0.336 e. The van der Waals surface area contributed by atoms with E-state index in [1.165, 1.54) is 25.3 Å². The Morgan fingerprint density at radius 1 is 0.927 bits per heavy atom. The molecule has 0 aromatic heterocycles. The third-order valence-corrected chi connectivity index (χ3v) is 6.46. The van der Waals surface area contributed by atoms with Crippen LogP contribution in [0.5, 0.6) is 5.75 Å². The average Bonchev–Trinajstić information content (AvgIpc) is 2.96. The van der Waals surface area contributed by atoms with Crippen LogP contribution in [-0.2, 0) is 35.0 Å². The Labute approximate surface area is 238 Å². The molecule has 2 aromatic carbocycles. The number of esters is 3. The normalized spacial score (nSPS) is 14.7. The molecule has 0 radical (unpaired) electrons. The largest absolute Gasteiger partial charge is 0.493 e. The highest BCUT2D eigenvalue weighted by Crippen LogP contribution is 2.40. The quantitative estimate of drug-likeness (QED) is 0.121. The lowest BCUT2D eigenvalue weighted by Crippen LogP contribution is -2.32. The summed E-state index contributed by atoms with van der Waals surface area (Å²) in [5.41, 5.74) is 2.51. The molecule has 0 amide bonds. The van der Waals surface area contributed by atoms with Crippen molar-refractivity contribution in [2.45, 2.75) is 46.0 Å². The molecule has 1 N–H and O–H groups in total. The zero-order valence-electron chi connectivity index (χ0n) is 23.6. The Hall–Kier alpha value is -4.67. The number of nitro benzene ring substituents is 1. The monoisotopic (exact) mass is 566 g/mol. The lowest BCUT2D eigenvalue weighted by atomic mass is 9.80. The second-order valence-electron chi connectivity index (χ2n) is 9.28. The molecule has 11 heteroatoms. The van der Waals surface area contributed by atoms with Gasteiger partial charge in [-0.2, -0.15) is 0 Å². The molecule has 2 aromatic rings. The fourth-order valence-corrected chi connectivity index (χ4v) is 4.43. The SMILES string of the molecule is CCC(=O)OCCc1ccc(OCCCOC(=O)C2=C(C)NC(C)=C(C(=O)OC)C2c2cccc([N+](=O)[O-])c2)cc1. The number of hydrogen-bond donors (Lipinski definition) is 1. The molecule has 1 unspecified atom stereocenters. The number of hydrogen-bond acceptors (Lipinski definition) is 10. The van der Waals surface area contributed by atoms with Crippen molar-refractivity contribution in [2.75, 3.05) is 26.9 Å². The number of benzene rings is 2. The van der Waals surface area contributed by atoms with Gasteiger partial charge in [0, 0.05) is 42.8 Å². The number of methoxy groups -OCH3 is 1. The van der Waals surface area contributed by atoms with E-state index in [-0.39, 0.29) is 36.0 Å². The fraction of sp³-hybridized carbons (Fsp3) is 0.367. The van der Waals surface area contributed by atoms with Crippen molar-refractivity contribution in [3.63, 3.8) is 0 Å². The van der Waals surface area contributed by atoms with Crippen LogP contribution in [0.15, 0.2) is 71.1 Å². The highest BCUT2D eigenvalue weighted by Gasteiger charge is 2.38. The molecule has 0 bridgehead atoms. The van der Waals surface area contributed by atoms with Gasteiger partial charge in [0.1, 0.15) is 5.75 Å². The number of non-ortho nitro benzene ring substituents is 1. The second-order valence-corrected chi connectivity index (χ2v) is 9.28. The van der Waals surface area contributed by atoms with Gasteiger partial charge < -0.3 is 24.3 Å². The maximum atomic E-state index is 13.3. The average molecular weight is 567 g/mol. The standard InChI is InChI=1S/C30H34N2O9/c1-5-25(33)40-17-14-21-10-12-24(13-11-21)39-15-7-16-41-30(35)27-20(3)31-19(2)26(29(34)38-4)28(27)22-8-6-9-23(18-22)32(36)37/h6,8-13,18,28,31H,5,7,14-17H2,1-4H3. The first-order valence-corrected chi connectivity index (χ1v) is 13.2. The maximum absolute atomic E-state index is 13.3. The van der Waals surface area contributed by atoms with E-state index in [1.54, 1.807) is 26.8 Å². The van der Waals surface area contributed by atoms with Gasteiger partial charge in [0.25, 0.3) is 5.69 Å².